The van der Waals surface area contributed by atoms with Gasteiger partial charge >= 0.3 is 0 Å². The number of nitrogens with one attached hydrogen (secondary N) is 2. The van der Waals surface area contributed by atoms with Crippen LogP contribution in [0.2, 0.25) is 0 Å². The minimum absolute atomic E-state index is 0.0170. The van der Waals surface area contributed by atoms with E-state index in [0.29, 0.717) is 30.2 Å². The molecule has 0 fully saturated rings. The Bertz CT molecular complexity index is 1510. The third kappa shape index (κ3) is 6.50. The smallest absolute Gasteiger partial charge is 0.262 e. The summed E-state index contributed by atoms with van der Waals surface area (Å²) < 4.78 is 58.8. The molecule has 0 aliphatic heterocycles. The Balaban J connectivity index is 1.46. The molecule has 38 heavy (non-hydrogen) atoms. The molecule has 0 atom stereocenters. The molecule has 0 spiro atoms. The number of ether oxygens (including phenoxy) is 3. The largest absolute Gasteiger partial charge is 0.497 e. The molecule has 11 heteroatoms. The van der Waals surface area contributed by atoms with Crippen molar-refractivity contribution in [1.29, 1.82) is 0 Å². The first-order valence-electron chi connectivity index (χ1n) is 11.5. The lowest BCUT2D eigenvalue weighted by atomic mass is 10.2. The molecule has 198 valence electrons. The Morgan fingerprint density at radius 1 is 0.895 bits per heavy atom. The highest BCUT2D eigenvalue weighted by atomic mass is 32.2. The molecule has 0 saturated heterocycles. The number of halogens is 1. The zero-order valence-electron chi connectivity index (χ0n) is 20.8. The van der Waals surface area contributed by atoms with Crippen molar-refractivity contribution in [2.75, 3.05) is 24.7 Å². The predicted molar refractivity (Wildman–Crippen MR) is 142 cm³/mol. The van der Waals surface area contributed by atoms with Crippen LogP contribution < -0.4 is 30.0 Å². The van der Waals surface area contributed by atoms with Crippen LogP contribution in [0.5, 0.6) is 23.0 Å². The number of hydrogen-bond acceptors (Lipinski definition) is 8. The van der Waals surface area contributed by atoms with Crippen molar-refractivity contribution in [2.45, 2.75) is 18.0 Å². The zero-order valence-corrected chi connectivity index (χ0v) is 21.6. The average Bonchev–Trinajstić information content (AvgIpc) is 2.92. The highest BCUT2D eigenvalue weighted by Crippen LogP contribution is 2.31. The van der Waals surface area contributed by atoms with Crippen LogP contribution in [0, 0.1) is 5.82 Å². The molecule has 0 bridgehead atoms. The van der Waals surface area contributed by atoms with Crippen LogP contribution in [-0.2, 0) is 23.1 Å². The highest BCUT2D eigenvalue weighted by Gasteiger charge is 2.17. The predicted octanol–water partition coefficient (Wildman–Crippen LogP) is 4.70. The van der Waals surface area contributed by atoms with Crippen molar-refractivity contribution in [3.8, 4) is 23.0 Å². The summed E-state index contributed by atoms with van der Waals surface area (Å²) in [5, 5.41) is 3.28. The van der Waals surface area contributed by atoms with E-state index >= 15 is 0 Å². The normalized spacial score (nSPS) is 11.1. The maximum Gasteiger partial charge on any atom is 0.262 e. The van der Waals surface area contributed by atoms with Gasteiger partial charge in [-0.3, -0.25) is 4.72 Å². The molecule has 0 aliphatic carbocycles. The number of sulfonamides is 1. The first-order valence-corrected chi connectivity index (χ1v) is 13.0. The van der Waals surface area contributed by atoms with Crippen molar-refractivity contribution in [2.24, 2.45) is 0 Å². The van der Waals surface area contributed by atoms with E-state index < -0.39 is 15.8 Å². The molecule has 4 N–H and O–H groups in total. The quantitative estimate of drug-likeness (QED) is 0.251. The standard InChI is InChI=1S/C27H27FN4O5S/c1-35-20-9-6-18(7-10-20)16-30-17-23-25(12-13-31-27(23)29)37-26-11-8-19(14-24(26)28)32-38(33,34)22-5-3-4-21(15-22)36-2/h3-15,30,32H,16-17H2,1-2H3,(H2,29,31). The number of nitrogen functional groups attached to an aromatic ring is 1. The summed E-state index contributed by atoms with van der Waals surface area (Å²) in [6, 6.07) is 18.9. The van der Waals surface area contributed by atoms with Crippen LogP contribution in [-0.4, -0.2) is 27.6 Å². The molecule has 4 rings (SSSR count). The van der Waals surface area contributed by atoms with Gasteiger partial charge in [0.25, 0.3) is 10.0 Å². The topological polar surface area (TPSA) is 125 Å². The fourth-order valence-corrected chi connectivity index (χ4v) is 4.67. The molecule has 0 aliphatic rings. The van der Waals surface area contributed by atoms with Crippen LogP contribution in [0.25, 0.3) is 0 Å². The van der Waals surface area contributed by atoms with Crippen molar-refractivity contribution in [3.63, 3.8) is 0 Å². The highest BCUT2D eigenvalue weighted by molar-refractivity contribution is 7.92. The third-order valence-electron chi connectivity index (χ3n) is 5.59. The number of aromatic nitrogens is 1. The van der Waals surface area contributed by atoms with E-state index in [4.69, 9.17) is 19.9 Å². The molecule has 9 nitrogen and oxygen atoms in total. The number of rotatable bonds is 11. The van der Waals surface area contributed by atoms with Gasteiger partial charge in [-0.25, -0.2) is 17.8 Å². The van der Waals surface area contributed by atoms with Gasteiger partial charge in [0.15, 0.2) is 11.6 Å². The van der Waals surface area contributed by atoms with Crippen LogP contribution in [0.4, 0.5) is 15.9 Å². The van der Waals surface area contributed by atoms with Crippen LogP contribution >= 0.6 is 0 Å². The van der Waals surface area contributed by atoms with E-state index in [2.05, 4.69) is 15.0 Å². The van der Waals surface area contributed by atoms with Gasteiger partial charge in [0.05, 0.1) is 30.4 Å². The lowest BCUT2D eigenvalue weighted by Crippen LogP contribution is -2.15. The van der Waals surface area contributed by atoms with Crippen LogP contribution in [0.1, 0.15) is 11.1 Å². The number of pyridine rings is 1. The Morgan fingerprint density at radius 3 is 2.37 bits per heavy atom. The number of methoxy groups -OCH3 is 2. The summed E-state index contributed by atoms with van der Waals surface area (Å²) in [5.41, 5.74) is 7.70. The summed E-state index contributed by atoms with van der Waals surface area (Å²) in [6.07, 6.45) is 1.46. The van der Waals surface area contributed by atoms with Crippen molar-refractivity contribution >= 4 is 21.5 Å². The first kappa shape index (κ1) is 26.7. The van der Waals surface area contributed by atoms with E-state index in [-0.39, 0.29) is 22.2 Å². The minimum Gasteiger partial charge on any atom is -0.497 e. The van der Waals surface area contributed by atoms with Gasteiger partial charge in [-0.2, -0.15) is 0 Å². The first-order chi connectivity index (χ1) is 18.3. The molecule has 3 aromatic carbocycles. The molecule has 1 heterocycles. The molecule has 0 saturated carbocycles. The summed E-state index contributed by atoms with van der Waals surface area (Å²) in [4.78, 5) is 4.09. The van der Waals surface area contributed by atoms with Gasteiger partial charge < -0.3 is 25.3 Å². The van der Waals surface area contributed by atoms with Gasteiger partial charge in [0, 0.05) is 31.4 Å². The van der Waals surface area contributed by atoms with E-state index in [9.17, 15) is 12.8 Å². The van der Waals surface area contributed by atoms with Crippen LogP contribution in [0.3, 0.4) is 0 Å². The van der Waals surface area contributed by atoms with Crippen molar-refractivity contribution in [3.05, 3.63) is 95.9 Å². The second-order valence-corrected chi connectivity index (χ2v) is 9.84. The maximum atomic E-state index is 14.9. The minimum atomic E-state index is -3.96. The molecule has 0 amide bonds. The fourth-order valence-electron chi connectivity index (χ4n) is 3.59. The molecular weight excluding hydrogens is 511 g/mol. The van der Waals surface area contributed by atoms with Crippen molar-refractivity contribution < 1.29 is 27.0 Å². The molecular formula is C27H27FN4O5S. The average molecular weight is 539 g/mol. The third-order valence-corrected chi connectivity index (χ3v) is 6.97. The Kier molecular flexibility index (Phi) is 8.29. The van der Waals surface area contributed by atoms with E-state index in [1.807, 2.05) is 24.3 Å². The number of benzene rings is 3. The summed E-state index contributed by atoms with van der Waals surface area (Å²) in [6.45, 7) is 0.870. The molecule has 1 aromatic heterocycles. The van der Waals surface area contributed by atoms with Gasteiger partial charge in [0.2, 0.25) is 0 Å². The Labute approximate surface area is 220 Å². The lowest BCUT2D eigenvalue weighted by Gasteiger charge is -2.15. The number of hydrogen-bond donors (Lipinski definition) is 3. The van der Waals surface area contributed by atoms with Gasteiger partial charge in [-0.1, -0.05) is 18.2 Å². The van der Waals surface area contributed by atoms with Crippen LogP contribution in [0.15, 0.2) is 83.9 Å². The Morgan fingerprint density at radius 2 is 1.66 bits per heavy atom. The van der Waals surface area contributed by atoms with Gasteiger partial charge in [-0.15, -0.1) is 0 Å². The SMILES string of the molecule is COc1ccc(CNCc2c(Oc3ccc(NS(=O)(=O)c4cccc(OC)c4)cc3F)ccnc2N)cc1. The van der Waals surface area contributed by atoms with Gasteiger partial charge in [-0.05, 0) is 48.0 Å². The Hall–Kier alpha value is -4.35. The van der Waals surface area contributed by atoms with E-state index in [1.165, 1.54) is 37.6 Å². The van der Waals surface area contributed by atoms with Crippen molar-refractivity contribution in [1.82, 2.24) is 10.3 Å². The summed E-state index contributed by atoms with van der Waals surface area (Å²) in [7, 11) is -0.917. The molecule has 4 aromatic rings. The summed E-state index contributed by atoms with van der Waals surface area (Å²) >= 11 is 0. The second kappa shape index (κ2) is 11.8. The lowest BCUT2D eigenvalue weighted by molar-refractivity contribution is 0.413. The fraction of sp³-hybridized carbons (Fsp3) is 0.148. The number of nitrogens with zero attached hydrogens (tertiary/aromatic N) is 1. The van der Waals surface area contributed by atoms with E-state index in [1.54, 1.807) is 25.3 Å². The zero-order chi connectivity index (χ0) is 27.1. The molecule has 0 unspecified atom stereocenters. The molecule has 0 radical (unpaired) electrons. The maximum absolute atomic E-state index is 14.9. The summed E-state index contributed by atoms with van der Waals surface area (Å²) in [5.74, 6) is 0.853. The van der Waals surface area contributed by atoms with E-state index in [0.717, 1.165) is 17.4 Å². The van der Waals surface area contributed by atoms with Gasteiger partial charge in [0.1, 0.15) is 23.1 Å². The number of nitrogens with two attached hydrogens (primary N) is 1. The number of anilines is 2. The monoisotopic (exact) mass is 538 g/mol. The second-order valence-electron chi connectivity index (χ2n) is 8.16.